The molecule has 0 aliphatic carbocycles. The summed E-state index contributed by atoms with van der Waals surface area (Å²) in [6.07, 6.45) is 5.32. The minimum atomic E-state index is 0.457. The molecule has 22 heavy (non-hydrogen) atoms. The number of pyridine rings is 1. The monoisotopic (exact) mass is 303 g/mol. The van der Waals surface area contributed by atoms with Gasteiger partial charge in [-0.1, -0.05) is 13.0 Å². The number of likely N-dealkylation sites (tertiary alicyclic amines) is 1. The molecule has 1 aromatic heterocycles. The number of guanidine groups is 1. The highest BCUT2D eigenvalue weighted by molar-refractivity contribution is 5.77. The predicted molar refractivity (Wildman–Crippen MR) is 91.9 cm³/mol. The third-order valence-electron chi connectivity index (χ3n) is 4.25. The lowest BCUT2D eigenvalue weighted by molar-refractivity contribution is 0.142. The smallest absolute Gasteiger partial charge is 0.188 e. The van der Waals surface area contributed by atoms with Crippen LogP contribution in [0.1, 0.15) is 32.4 Å². The molecule has 2 heterocycles. The highest BCUT2D eigenvalue weighted by atomic mass is 15.2. The van der Waals surface area contributed by atoms with Crippen LogP contribution in [0.15, 0.2) is 29.4 Å². The molecule has 2 atom stereocenters. The number of aliphatic imine (C=N–C) groups is 1. The van der Waals surface area contributed by atoms with Gasteiger partial charge in [0.1, 0.15) is 0 Å². The first-order valence-electron chi connectivity index (χ1n) is 8.33. The standard InChI is InChI=1S/C17H29N5/c1-14-6-5-11-22(13-14)15(2)12-21-17(18)20-10-8-16-7-3-4-9-19-16/h3-4,7,9,14-15H,5-6,8,10-13H2,1-2H3,(H3,18,20,21). The van der Waals surface area contributed by atoms with Gasteiger partial charge >= 0.3 is 0 Å². The van der Waals surface area contributed by atoms with Crippen LogP contribution < -0.4 is 11.1 Å². The number of hydrogen-bond donors (Lipinski definition) is 2. The van der Waals surface area contributed by atoms with Crippen molar-refractivity contribution in [3.63, 3.8) is 0 Å². The van der Waals surface area contributed by atoms with Crippen molar-refractivity contribution in [2.45, 2.75) is 39.2 Å². The molecule has 122 valence electrons. The Kier molecular flexibility index (Phi) is 6.65. The lowest BCUT2D eigenvalue weighted by Crippen LogP contribution is -2.43. The number of nitrogens with zero attached hydrogens (tertiary/aromatic N) is 3. The molecule has 0 spiro atoms. The zero-order valence-electron chi connectivity index (χ0n) is 13.8. The summed E-state index contributed by atoms with van der Waals surface area (Å²) < 4.78 is 0. The molecule has 1 aromatic rings. The van der Waals surface area contributed by atoms with Crippen LogP contribution in [-0.2, 0) is 6.42 Å². The maximum Gasteiger partial charge on any atom is 0.188 e. The minimum Gasteiger partial charge on any atom is -0.370 e. The van der Waals surface area contributed by atoms with E-state index in [4.69, 9.17) is 5.73 Å². The van der Waals surface area contributed by atoms with Crippen molar-refractivity contribution in [1.29, 1.82) is 0 Å². The lowest BCUT2D eigenvalue weighted by atomic mass is 9.99. The summed E-state index contributed by atoms with van der Waals surface area (Å²) in [5.41, 5.74) is 7.01. The molecule has 1 aliphatic rings. The molecule has 5 nitrogen and oxygen atoms in total. The molecule has 1 aliphatic heterocycles. The number of nitrogens with two attached hydrogens (primary N) is 1. The van der Waals surface area contributed by atoms with Gasteiger partial charge in [0.25, 0.3) is 0 Å². The van der Waals surface area contributed by atoms with Gasteiger partial charge in [-0.15, -0.1) is 0 Å². The third kappa shape index (κ3) is 5.64. The average molecular weight is 303 g/mol. The van der Waals surface area contributed by atoms with E-state index in [0.29, 0.717) is 12.0 Å². The Hall–Kier alpha value is -1.62. The highest BCUT2D eigenvalue weighted by Gasteiger charge is 2.20. The predicted octanol–water partition coefficient (Wildman–Crippen LogP) is 1.65. The van der Waals surface area contributed by atoms with Crippen LogP contribution >= 0.6 is 0 Å². The van der Waals surface area contributed by atoms with Crippen molar-refractivity contribution in [3.8, 4) is 0 Å². The maximum atomic E-state index is 5.94. The van der Waals surface area contributed by atoms with Gasteiger partial charge in [-0.25, -0.2) is 0 Å². The first-order chi connectivity index (χ1) is 10.6. The van der Waals surface area contributed by atoms with Crippen molar-refractivity contribution < 1.29 is 0 Å². The topological polar surface area (TPSA) is 66.5 Å². The van der Waals surface area contributed by atoms with E-state index in [9.17, 15) is 0 Å². The normalized spacial score (nSPS) is 21.5. The number of rotatable bonds is 6. The molecule has 2 rings (SSSR count). The third-order valence-corrected chi connectivity index (χ3v) is 4.25. The molecular formula is C17H29N5. The fourth-order valence-electron chi connectivity index (χ4n) is 2.89. The first-order valence-corrected chi connectivity index (χ1v) is 8.33. The van der Waals surface area contributed by atoms with Gasteiger partial charge < -0.3 is 11.1 Å². The number of hydrogen-bond acceptors (Lipinski definition) is 3. The van der Waals surface area contributed by atoms with Gasteiger partial charge in [0.05, 0.1) is 6.54 Å². The molecule has 0 amide bonds. The van der Waals surface area contributed by atoms with Crippen LogP contribution in [0.25, 0.3) is 0 Å². The fourth-order valence-corrected chi connectivity index (χ4v) is 2.89. The molecule has 3 N–H and O–H groups in total. The van der Waals surface area contributed by atoms with Crippen LogP contribution in [0.5, 0.6) is 0 Å². The van der Waals surface area contributed by atoms with E-state index in [1.807, 2.05) is 24.4 Å². The van der Waals surface area contributed by atoms with E-state index in [2.05, 4.69) is 34.0 Å². The van der Waals surface area contributed by atoms with Crippen LogP contribution in [0.2, 0.25) is 0 Å². The van der Waals surface area contributed by atoms with E-state index in [1.54, 1.807) is 0 Å². The van der Waals surface area contributed by atoms with Crippen LogP contribution in [0.3, 0.4) is 0 Å². The van der Waals surface area contributed by atoms with E-state index in [0.717, 1.165) is 31.1 Å². The zero-order chi connectivity index (χ0) is 15.8. The van der Waals surface area contributed by atoms with Gasteiger partial charge in [0, 0.05) is 37.4 Å². The van der Waals surface area contributed by atoms with E-state index >= 15 is 0 Å². The summed E-state index contributed by atoms with van der Waals surface area (Å²) in [6.45, 7) is 8.47. The number of piperidine rings is 1. The minimum absolute atomic E-state index is 0.457. The Labute approximate surface area is 134 Å². The van der Waals surface area contributed by atoms with E-state index in [1.165, 1.54) is 25.9 Å². The Morgan fingerprint density at radius 1 is 1.55 bits per heavy atom. The van der Waals surface area contributed by atoms with Crippen molar-refractivity contribution in [1.82, 2.24) is 15.2 Å². The van der Waals surface area contributed by atoms with E-state index < -0.39 is 0 Å². The van der Waals surface area contributed by atoms with Crippen LogP contribution in [0, 0.1) is 5.92 Å². The SMILES string of the molecule is CC1CCCN(C(C)CN=C(N)NCCc2ccccn2)C1. The molecule has 0 bridgehead atoms. The van der Waals surface area contributed by atoms with Crippen molar-refractivity contribution in [2.24, 2.45) is 16.6 Å². The second kappa shape index (κ2) is 8.73. The van der Waals surface area contributed by atoms with Crippen molar-refractivity contribution >= 4 is 5.96 Å². The molecule has 0 radical (unpaired) electrons. The molecular weight excluding hydrogens is 274 g/mol. The van der Waals surface area contributed by atoms with Crippen molar-refractivity contribution in [2.75, 3.05) is 26.2 Å². The largest absolute Gasteiger partial charge is 0.370 e. The molecule has 5 heteroatoms. The highest BCUT2D eigenvalue weighted by Crippen LogP contribution is 2.17. The van der Waals surface area contributed by atoms with Crippen LogP contribution in [-0.4, -0.2) is 48.1 Å². The maximum absolute atomic E-state index is 5.94. The quantitative estimate of drug-likeness (QED) is 0.619. The average Bonchev–Trinajstić information content (AvgIpc) is 2.53. The van der Waals surface area contributed by atoms with Gasteiger partial charge in [-0.2, -0.15) is 0 Å². The van der Waals surface area contributed by atoms with Gasteiger partial charge in [-0.3, -0.25) is 14.9 Å². The Morgan fingerprint density at radius 3 is 3.14 bits per heavy atom. The van der Waals surface area contributed by atoms with Gasteiger partial charge in [-0.05, 0) is 44.4 Å². The number of nitrogens with one attached hydrogen (secondary N) is 1. The molecule has 1 saturated heterocycles. The molecule has 0 aromatic carbocycles. The van der Waals surface area contributed by atoms with E-state index in [-0.39, 0.29) is 0 Å². The summed E-state index contributed by atoms with van der Waals surface area (Å²) >= 11 is 0. The second-order valence-corrected chi connectivity index (χ2v) is 6.32. The van der Waals surface area contributed by atoms with Gasteiger partial charge in [0.2, 0.25) is 0 Å². The number of aromatic nitrogens is 1. The first kappa shape index (κ1) is 16.7. The Balaban J connectivity index is 1.68. The summed E-state index contributed by atoms with van der Waals surface area (Å²) in [5.74, 6) is 1.34. The molecule has 0 saturated carbocycles. The van der Waals surface area contributed by atoms with Gasteiger partial charge in [0.15, 0.2) is 5.96 Å². The summed E-state index contributed by atoms with van der Waals surface area (Å²) in [4.78, 5) is 11.3. The molecule has 2 unspecified atom stereocenters. The fraction of sp³-hybridized carbons (Fsp3) is 0.647. The van der Waals surface area contributed by atoms with Crippen molar-refractivity contribution in [3.05, 3.63) is 30.1 Å². The Bertz CT molecular complexity index is 459. The summed E-state index contributed by atoms with van der Waals surface area (Å²) in [7, 11) is 0. The Morgan fingerprint density at radius 2 is 2.41 bits per heavy atom. The summed E-state index contributed by atoms with van der Waals surface area (Å²) in [5, 5.41) is 3.17. The molecule has 1 fully saturated rings. The zero-order valence-corrected chi connectivity index (χ0v) is 13.8. The van der Waals surface area contributed by atoms with Crippen LogP contribution in [0.4, 0.5) is 0 Å². The second-order valence-electron chi connectivity index (χ2n) is 6.32. The summed E-state index contributed by atoms with van der Waals surface area (Å²) in [6, 6.07) is 6.41. The lowest BCUT2D eigenvalue weighted by Gasteiger charge is -2.34.